The highest BCUT2D eigenvalue weighted by molar-refractivity contribution is 6.01. The molecule has 0 bridgehead atoms. The van der Waals surface area contributed by atoms with E-state index in [9.17, 15) is 18.8 Å². The normalized spacial score (nSPS) is 12.2. The Bertz CT molecular complexity index is 852. The summed E-state index contributed by atoms with van der Waals surface area (Å²) in [6.45, 7) is 6.92. The summed E-state index contributed by atoms with van der Waals surface area (Å²) in [5.41, 5.74) is 1.03. The van der Waals surface area contributed by atoms with Crippen LogP contribution in [0, 0.1) is 11.2 Å². The lowest BCUT2D eigenvalue weighted by Gasteiger charge is -2.18. The largest absolute Gasteiger partial charge is 0.454 e. The molecule has 0 aliphatic carbocycles. The molecule has 5 nitrogen and oxygen atoms in total. The van der Waals surface area contributed by atoms with Crippen molar-refractivity contribution in [3.63, 3.8) is 0 Å². The molecule has 0 spiro atoms. The van der Waals surface area contributed by atoms with E-state index in [0.717, 1.165) is 0 Å². The zero-order valence-electron chi connectivity index (χ0n) is 16.4. The van der Waals surface area contributed by atoms with Gasteiger partial charge in [-0.15, -0.1) is 0 Å². The van der Waals surface area contributed by atoms with Gasteiger partial charge < -0.3 is 10.1 Å². The summed E-state index contributed by atoms with van der Waals surface area (Å²) in [6.07, 6.45) is -1.00. The fourth-order valence-corrected chi connectivity index (χ4v) is 2.33. The Morgan fingerprint density at radius 3 is 2.11 bits per heavy atom. The van der Waals surface area contributed by atoms with Crippen molar-refractivity contribution >= 4 is 23.3 Å². The van der Waals surface area contributed by atoms with Crippen LogP contribution in [-0.2, 0) is 20.7 Å². The summed E-state index contributed by atoms with van der Waals surface area (Å²) in [4.78, 5) is 36.4. The van der Waals surface area contributed by atoms with E-state index in [1.807, 2.05) is 20.8 Å². The molecule has 148 valence electrons. The molecule has 0 fully saturated rings. The molecule has 28 heavy (non-hydrogen) atoms. The van der Waals surface area contributed by atoms with Gasteiger partial charge in [0.2, 0.25) is 11.7 Å². The molecule has 0 aromatic heterocycles. The molecule has 1 atom stereocenters. The topological polar surface area (TPSA) is 72.5 Å². The van der Waals surface area contributed by atoms with Crippen molar-refractivity contribution in [2.45, 2.75) is 40.2 Å². The SMILES string of the molecule is C[C@@H](OC(=O)Cc1ccc(F)cc1)C(=O)c1ccc(NC(=O)C(C)(C)C)cc1. The highest BCUT2D eigenvalue weighted by Crippen LogP contribution is 2.18. The van der Waals surface area contributed by atoms with Crippen LogP contribution in [0.5, 0.6) is 0 Å². The lowest BCUT2D eigenvalue weighted by Crippen LogP contribution is -2.27. The van der Waals surface area contributed by atoms with Gasteiger partial charge in [-0.1, -0.05) is 32.9 Å². The van der Waals surface area contributed by atoms with Crippen molar-refractivity contribution in [2.24, 2.45) is 5.41 Å². The molecule has 0 saturated heterocycles. The van der Waals surface area contributed by atoms with Gasteiger partial charge in [0.15, 0.2) is 6.10 Å². The molecule has 0 aliphatic rings. The maximum absolute atomic E-state index is 12.9. The number of nitrogens with one attached hydrogen (secondary N) is 1. The number of Topliss-reactive ketones (excluding diaryl/α,β-unsaturated/α-hetero) is 1. The second-order valence-corrected chi connectivity index (χ2v) is 7.58. The molecule has 2 rings (SSSR count). The van der Waals surface area contributed by atoms with Crippen LogP contribution in [0.4, 0.5) is 10.1 Å². The predicted octanol–water partition coefficient (Wildman–Crippen LogP) is 4.17. The third-order valence-corrected chi connectivity index (χ3v) is 4.05. The summed E-state index contributed by atoms with van der Waals surface area (Å²) < 4.78 is 18.1. The van der Waals surface area contributed by atoms with Crippen molar-refractivity contribution in [2.75, 3.05) is 5.32 Å². The number of esters is 1. The van der Waals surface area contributed by atoms with Crippen LogP contribution < -0.4 is 5.32 Å². The number of hydrogen-bond acceptors (Lipinski definition) is 4. The van der Waals surface area contributed by atoms with Crippen LogP contribution in [-0.4, -0.2) is 23.8 Å². The van der Waals surface area contributed by atoms with Gasteiger partial charge in [-0.2, -0.15) is 0 Å². The third-order valence-electron chi connectivity index (χ3n) is 4.05. The highest BCUT2D eigenvalue weighted by atomic mass is 19.1. The quantitative estimate of drug-likeness (QED) is 0.598. The van der Waals surface area contributed by atoms with Crippen LogP contribution in [0.25, 0.3) is 0 Å². The Hall–Kier alpha value is -3.02. The van der Waals surface area contributed by atoms with Gasteiger partial charge in [-0.25, -0.2) is 4.39 Å². The van der Waals surface area contributed by atoms with Crippen molar-refractivity contribution < 1.29 is 23.5 Å². The molecular formula is C22H24FNO4. The van der Waals surface area contributed by atoms with E-state index in [2.05, 4.69) is 5.32 Å². The van der Waals surface area contributed by atoms with E-state index in [-0.39, 0.29) is 23.9 Å². The number of amides is 1. The van der Waals surface area contributed by atoms with Crippen molar-refractivity contribution in [1.29, 1.82) is 0 Å². The third kappa shape index (κ3) is 6.01. The van der Waals surface area contributed by atoms with Crippen LogP contribution in [0.2, 0.25) is 0 Å². The van der Waals surface area contributed by atoms with E-state index in [0.29, 0.717) is 16.8 Å². The van der Waals surface area contributed by atoms with Crippen molar-refractivity contribution in [3.05, 3.63) is 65.5 Å². The molecule has 6 heteroatoms. The van der Waals surface area contributed by atoms with Gasteiger partial charge in [-0.05, 0) is 48.9 Å². The lowest BCUT2D eigenvalue weighted by molar-refractivity contribution is -0.145. The smallest absolute Gasteiger partial charge is 0.310 e. The van der Waals surface area contributed by atoms with Crippen molar-refractivity contribution in [3.8, 4) is 0 Å². The van der Waals surface area contributed by atoms with Crippen LogP contribution >= 0.6 is 0 Å². The summed E-state index contributed by atoms with van der Waals surface area (Å²) in [7, 11) is 0. The molecular weight excluding hydrogens is 361 g/mol. The number of benzene rings is 2. The zero-order valence-corrected chi connectivity index (χ0v) is 16.4. The first-order valence-electron chi connectivity index (χ1n) is 8.96. The predicted molar refractivity (Wildman–Crippen MR) is 105 cm³/mol. The summed E-state index contributed by atoms with van der Waals surface area (Å²) >= 11 is 0. The molecule has 0 aliphatic heterocycles. The monoisotopic (exact) mass is 385 g/mol. The molecule has 1 N–H and O–H groups in total. The molecule has 1 amide bonds. The fraction of sp³-hybridized carbons (Fsp3) is 0.318. The number of anilines is 1. The molecule has 0 unspecified atom stereocenters. The lowest BCUT2D eigenvalue weighted by atomic mass is 9.95. The number of halogens is 1. The summed E-state index contributed by atoms with van der Waals surface area (Å²) in [6, 6.07) is 11.9. The average molecular weight is 385 g/mol. The first-order chi connectivity index (χ1) is 13.1. The van der Waals surface area contributed by atoms with Gasteiger partial charge in [0.05, 0.1) is 6.42 Å². The maximum atomic E-state index is 12.9. The Morgan fingerprint density at radius 1 is 1.00 bits per heavy atom. The van der Waals surface area contributed by atoms with E-state index in [1.165, 1.54) is 31.2 Å². The number of carbonyl (C=O) groups excluding carboxylic acids is 3. The van der Waals surface area contributed by atoms with E-state index in [4.69, 9.17) is 4.74 Å². The molecule has 0 heterocycles. The number of hydrogen-bond donors (Lipinski definition) is 1. The number of rotatable bonds is 6. The number of ether oxygens (including phenoxy) is 1. The van der Waals surface area contributed by atoms with Crippen LogP contribution in [0.1, 0.15) is 43.6 Å². The maximum Gasteiger partial charge on any atom is 0.310 e. The van der Waals surface area contributed by atoms with E-state index >= 15 is 0 Å². The minimum atomic E-state index is -0.956. The Balaban J connectivity index is 1.94. The molecule has 0 radical (unpaired) electrons. The molecule has 0 saturated carbocycles. The number of carbonyl (C=O) groups is 3. The Labute approximate surface area is 163 Å². The summed E-state index contributed by atoms with van der Waals surface area (Å²) in [5.74, 6) is -1.43. The van der Waals surface area contributed by atoms with Gasteiger partial charge in [0, 0.05) is 16.7 Å². The first-order valence-corrected chi connectivity index (χ1v) is 8.96. The minimum absolute atomic E-state index is 0.0460. The average Bonchev–Trinajstić information content (AvgIpc) is 2.62. The van der Waals surface area contributed by atoms with Gasteiger partial charge in [0.1, 0.15) is 5.82 Å². The van der Waals surface area contributed by atoms with Crippen LogP contribution in [0.3, 0.4) is 0 Å². The van der Waals surface area contributed by atoms with E-state index in [1.54, 1.807) is 24.3 Å². The van der Waals surface area contributed by atoms with Crippen LogP contribution in [0.15, 0.2) is 48.5 Å². The fourth-order valence-electron chi connectivity index (χ4n) is 2.33. The second-order valence-electron chi connectivity index (χ2n) is 7.58. The molecule has 2 aromatic carbocycles. The minimum Gasteiger partial charge on any atom is -0.454 e. The van der Waals surface area contributed by atoms with Gasteiger partial charge >= 0.3 is 5.97 Å². The van der Waals surface area contributed by atoms with Gasteiger partial charge in [0.25, 0.3) is 0 Å². The van der Waals surface area contributed by atoms with E-state index < -0.39 is 17.5 Å². The molecule has 2 aromatic rings. The highest BCUT2D eigenvalue weighted by Gasteiger charge is 2.22. The second kappa shape index (κ2) is 8.78. The zero-order chi connectivity index (χ0) is 20.9. The van der Waals surface area contributed by atoms with Crippen molar-refractivity contribution in [1.82, 2.24) is 0 Å². The van der Waals surface area contributed by atoms with Gasteiger partial charge in [-0.3, -0.25) is 14.4 Å². The Morgan fingerprint density at radius 2 is 1.57 bits per heavy atom. The Kier molecular flexibility index (Phi) is 6.67. The number of ketones is 1. The standard InChI is InChI=1S/C22H24FNO4/c1-14(28-19(25)13-15-5-9-17(23)10-6-15)20(26)16-7-11-18(12-8-16)24-21(27)22(2,3)4/h5-12,14H,13H2,1-4H3,(H,24,27)/t14-/m1/s1. The first kappa shape index (κ1) is 21.3. The summed E-state index contributed by atoms with van der Waals surface area (Å²) in [5, 5.41) is 2.78.